The third-order valence-corrected chi connectivity index (χ3v) is 0.788. The highest BCUT2D eigenvalue weighted by molar-refractivity contribution is 4.67. The summed E-state index contributed by atoms with van der Waals surface area (Å²) >= 11 is 0. The molecule has 0 saturated heterocycles. The Bertz CT molecular complexity index is 195. The maximum absolute atomic E-state index is 8.12. The normalized spacial score (nSPS) is 8.78. The van der Waals surface area contributed by atoms with E-state index in [0.29, 0.717) is 13.0 Å². The maximum Gasteiger partial charge on any atom is 0.221 e. The largest absolute Gasteiger partial charge is 0.222 e. The molecule has 0 fully saturated rings. The molecule has 45 valence electrons. The van der Waals surface area contributed by atoms with Crippen LogP contribution in [0.1, 0.15) is 6.42 Å². The van der Waals surface area contributed by atoms with Crippen LogP contribution >= 0.6 is 0 Å². The van der Waals surface area contributed by atoms with Gasteiger partial charge in [0.2, 0.25) is 6.33 Å². The second-order valence-electron chi connectivity index (χ2n) is 1.41. The van der Waals surface area contributed by atoms with Crippen LogP contribution < -0.4 is 0 Å². The third kappa shape index (κ3) is 1.49. The van der Waals surface area contributed by atoms with E-state index in [0.717, 1.165) is 0 Å². The molecule has 1 aromatic rings. The first-order chi connectivity index (χ1) is 4.43. The minimum absolute atomic E-state index is 0.418. The maximum atomic E-state index is 8.12. The Morgan fingerprint density at radius 3 is 3.11 bits per heavy atom. The lowest BCUT2D eigenvalue weighted by Gasteiger charge is -1.86. The van der Waals surface area contributed by atoms with Crippen molar-refractivity contribution in [3.05, 3.63) is 6.33 Å². The minimum atomic E-state index is 0.418. The molecule has 1 aromatic heterocycles. The monoisotopic (exact) mass is 122 g/mol. The highest BCUT2D eigenvalue weighted by Crippen LogP contribution is 1.80. The number of aromatic nitrogens is 4. The van der Waals surface area contributed by atoms with E-state index in [1.165, 1.54) is 4.68 Å². The van der Waals surface area contributed by atoms with E-state index in [1.807, 2.05) is 6.07 Å². The molecule has 0 aliphatic heterocycles. The molecule has 5 heteroatoms. The molecule has 1 rings (SSSR count). The van der Waals surface area contributed by atoms with Crippen molar-refractivity contribution >= 4 is 0 Å². The molecule has 0 aliphatic rings. The Balaban J connectivity index is 2.41. The van der Waals surface area contributed by atoms with Gasteiger partial charge in [0.25, 0.3) is 0 Å². The zero-order valence-electron chi connectivity index (χ0n) is 4.65. The van der Waals surface area contributed by atoms with E-state index in [9.17, 15) is 0 Å². The molecule has 5 nitrogen and oxygen atoms in total. The lowest BCUT2D eigenvalue weighted by molar-refractivity contribution is 0.596. The van der Waals surface area contributed by atoms with Crippen molar-refractivity contribution in [3.8, 4) is 6.07 Å². The van der Waals surface area contributed by atoms with Crippen LogP contribution in [0.4, 0.5) is 0 Å². The molecule has 1 radical (unpaired) electrons. The van der Waals surface area contributed by atoms with Gasteiger partial charge in [0.1, 0.15) is 0 Å². The van der Waals surface area contributed by atoms with Crippen LogP contribution in [0.15, 0.2) is 0 Å². The van der Waals surface area contributed by atoms with Gasteiger partial charge < -0.3 is 0 Å². The summed E-state index contributed by atoms with van der Waals surface area (Å²) in [6, 6.07) is 1.97. The van der Waals surface area contributed by atoms with Crippen LogP contribution in [0, 0.1) is 17.7 Å². The Morgan fingerprint density at radius 1 is 1.67 bits per heavy atom. The van der Waals surface area contributed by atoms with Crippen LogP contribution in [0.5, 0.6) is 0 Å². The molecule has 0 atom stereocenters. The predicted octanol–water partition coefficient (Wildman–Crippen LogP) is -0.613. The molecular formula is C4H4N5. The number of nitrogens with zero attached hydrogens (tertiary/aromatic N) is 5. The van der Waals surface area contributed by atoms with Crippen molar-refractivity contribution in [2.75, 3.05) is 0 Å². The second-order valence-corrected chi connectivity index (χ2v) is 1.41. The van der Waals surface area contributed by atoms with Crippen molar-refractivity contribution in [2.24, 2.45) is 0 Å². The fraction of sp³-hybridized carbons (Fsp3) is 0.500. The number of hydrogen-bond acceptors (Lipinski definition) is 4. The molecule has 0 saturated carbocycles. The van der Waals surface area contributed by atoms with E-state index in [4.69, 9.17) is 5.26 Å². The summed E-state index contributed by atoms with van der Waals surface area (Å²) in [5, 5.41) is 18.2. The Labute approximate surface area is 51.9 Å². The molecular weight excluding hydrogens is 118 g/mol. The summed E-state index contributed by atoms with van der Waals surface area (Å²) in [5.74, 6) is 0. The minimum Gasteiger partial charge on any atom is -0.222 e. The summed E-state index contributed by atoms with van der Waals surface area (Å²) in [6.45, 7) is 0.517. The topological polar surface area (TPSA) is 67.4 Å². The summed E-state index contributed by atoms with van der Waals surface area (Å²) in [5.41, 5.74) is 0. The molecule has 0 unspecified atom stereocenters. The number of tetrazole rings is 1. The van der Waals surface area contributed by atoms with Gasteiger partial charge in [0.15, 0.2) is 0 Å². The van der Waals surface area contributed by atoms with Crippen LogP contribution in [-0.4, -0.2) is 20.2 Å². The van der Waals surface area contributed by atoms with Crippen molar-refractivity contribution < 1.29 is 0 Å². The standard InChI is InChI=1S/C4H4N5/c5-2-1-3-9-4-6-7-8-9/h1,3H2. The van der Waals surface area contributed by atoms with Gasteiger partial charge in [-0.2, -0.15) is 5.26 Å². The Kier molecular flexibility index (Phi) is 1.75. The molecule has 0 spiro atoms. The molecule has 0 bridgehead atoms. The highest BCUT2D eigenvalue weighted by Gasteiger charge is 1.89. The molecule has 0 aliphatic carbocycles. The SMILES string of the molecule is N#CCCn1[c]nnn1. The summed E-state index contributed by atoms with van der Waals surface area (Å²) in [4.78, 5) is 0. The lowest BCUT2D eigenvalue weighted by Crippen LogP contribution is -1.97. The average molecular weight is 122 g/mol. The zero-order valence-corrected chi connectivity index (χ0v) is 4.65. The van der Waals surface area contributed by atoms with E-state index in [-0.39, 0.29) is 0 Å². The molecule has 0 N–H and O–H groups in total. The van der Waals surface area contributed by atoms with Crippen molar-refractivity contribution in [3.63, 3.8) is 0 Å². The number of aryl methyl sites for hydroxylation is 1. The van der Waals surface area contributed by atoms with Crippen molar-refractivity contribution in [1.29, 1.82) is 5.26 Å². The van der Waals surface area contributed by atoms with Gasteiger partial charge in [0.05, 0.1) is 19.0 Å². The summed E-state index contributed by atoms with van der Waals surface area (Å²) in [6.07, 6.45) is 2.88. The number of nitriles is 1. The molecule has 0 aromatic carbocycles. The van der Waals surface area contributed by atoms with Crippen LogP contribution in [0.25, 0.3) is 0 Å². The highest BCUT2D eigenvalue weighted by atomic mass is 15.5. The van der Waals surface area contributed by atoms with Gasteiger partial charge in [-0.05, 0) is 10.4 Å². The van der Waals surface area contributed by atoms with Gasteiger partial charge in [-0.25, -0.2) is 4.68 Å². The molecule has 0 amide bonds. The van der Waals surface area contributed by atoms with Gasteiger partial charge in [-0.3, -0.25) is 0 Å². The summed E-state index contributed by atoms with van der Waals surface area (Å²) < 4.78 is 1.39. The van der Waals surface area contributed by atoms with Crippen molar-refractivity contribution in [2.45, 2.75) is 13.0 Å². The van der Waals surface area contributed by atoms with Gasteiger partial charge in [-0.1, -0.05) is 0 Å². The van der Waals surface area contributed by atoms with Gasteiger partial charge >= 0.3 is 0 Å². The van der Waals surface area contributed by atoms with Crippen molar-refractivity contribution in [1.82, 2.24) is 20.2 Å². The number of hydrogen-bond donors (Lipinski definition) is 0. The first kappa shape index (κ1) is 5.69. The Hall–Kier alpha value is -1.44. The number of rotatable bonds is 2. The smallest absolute Gasteiger partial charge is 0.221 e. The van der Waals surface area contributed by atoms with E-state index in [2.05, 4.69) is 21.9 Å². The van der Waals surface area contributed by atoms with Crippen LogP contribution in [0.3, 0.4) is 0 Å². The quantitative estimate of drug-likeness (QED) is 0.524. The lowest BCUT2D eigenvalue weighted by atomic mass is 10.5. The summed E-state index contributed by atoms with van der Waals surface area (Å²) in [7, 11) is 0. The first-order valence-electron chi connectivity index (χ1n) is 2.44. The first-order valence-corrected chi connectivity index (χ1v) is 2.44. The molecule has 9 heavy (non-hydrogen) atoms. The second kappa shape index (κ2) is 2.77. The zero-order chi connectivity index (χ0) is 6.53. The fourth-order valence-electron chi connectivity index (χ4n) is 0.411. The third-order valence-electron chi connectivity index (χ3n) is 0.788. The van der Waals surface area contributed by atoms with Crippen LogP contribution in [-0.2, 0) is 6.54 Å². The Morgan fingerprint density at radius 2 is 2.56 bits per heavy atom. The van der Waals surface area contributed by atoms with E-state index >= 15 is 0 Å². The van der Waals surface area contributed by atoms with Crippen LogP contribution in [0.2, 0.25) is 0 Å². The van der Waals surface area contributed by atoms with Gasteiger partial charge in [-0.15, -0.1) is 5.10 Å². The molecule has 1 heterocycles. The van der Waals surface area contributed by atoms with Gasteiger partial charge in [0, 0.05) is 0 Å². The average Bonchev–Trinajstić information content (AvgIpc) is 2.34. The van der Waals surface area contributed by atoms with E-state index < -0.39 is 0 Å². The van der Waals surface area contributed by atoms with E-state index in [1.54, 1.807) is 0 Å². The predicted molar refractivity (Wildman–Crippen MR) is 26.9 cm³/mol. The fourth-order valence-corrected chi connectivity index (χ4v) is 0.411.